The Bertz CT molecular complexity index is 376. The molecule has 0 aromatic carbocycles. The Morgan fingerprint density at radius 1 is 1.47 bits per heavy atom. The second-order valence-electron chi connectivity index (χ2n) is 5.17. The van der Waals surface area contributed by atoms with E-state index in [1.165, 1.54) is 32.1 Å². The van der Waals surface area contributed by atoms with Crippen LogP contribution in [0.5, 0.6) is 0 Å². The Hall–Kier alpha value is -1.25. The van der Waals surface area contributed by atoms with E-state index in [2.05, 4.69) is 17.2 Å². The molecule has 3 nitrogen and oxygen atoms in total. The maximum absolute atomic E-state index is 6.04. The molecule has 0 spiro atoms. The van der Waals surface area contributed by atoms with Gasteiger partial charge in [0, 0.05) is 12.2 Å². The molecule has 2 unspecified atom stereocenters. The summed E-state index contributed by atoms with van der Waals surface area (Å²) in [6, 6.07) is 2.50. The quantitative estimate of drug-likeness (QED) is 0.841. The van der Waals surface area contributed by atoms with Gasteiger partial charge >= 0.3 is 0 Å². The molecule has 2 atom stereocenters. The van der Waals surface area contributed by atoms with E-state index < -0.39 is 0 Å². The molecule has 1 aromatic rings. The fourth-order valence-electron chi connectivity index (χ4n) is 2.67. The van der Waals surface area contributed by atoms with Crippen molar-refractivity contribution in [1.82, 2.24) is 4.98 Å². The second-order valence-corrected chi connectivity index (χ2v) is 5.17. The van der Waals surface area contributed by atoms with E-state index in [1.54, 1.807) is 0 Å². The summed E-state index contributed by atoms with van der Waals surface area (Å²) in [7, 11) is 0. The third-order valence-electron chi connectivity index (χ3n) is 3.91. The van der Waals surface area contributed by atoms with Gasteiger partial charge in [0.1, 0.15) is 5.82 Å². The zero-order valence-corrected chi connectivity index (χ0v) is 10.9. The topological polar surface area (TPSA) is 50.9 Å². The highest BCUT2D eigenvalue weighted by atomic mass is 15.0. The summed E-state index contributed by atoms with van der Waals surface area (Å²) < 4.78 is 0. The minimum Gasteiger partial charge on any atom is -0.396 e. The number of anilines is 2. The van der Waals surface area contributed by atoms with Gasteiger partial charge in [0.15, 0.2) is 0 Å². The number of hydrogen-bond donors (Lipinski definition) is 2. The van der Waals surface area contributed by atoms with Crippen LogP contribution in [0.3, 0.4) is 0 Å². The van der Waals surface area contributed by atoms with E-state index in [1.807, 2.05) is 19.2 Å². The van der Waals surface area contributed by atoms with Crippen molar-refractivity contribution in [2.75, 3.05) is 11.1 Å². The average molecular weight is 233 g/mol. The van der Waals surface area contributed by atoms with E-state index in [0.717, 1.165) is 23.0 Å². The first-order valence-corrected chi connectivity index (χ1v) is 6.68. The average Bonchev–Trinajstić information content (AvgIpc) is 2.35. The number of aromatic nitrogens is 1. The zero-order valence-electron chi connectivity index (χ0n) is 10.9. The number of nitrogens with zero attached hydrogens (tertiary/aromatic N) is 1. The van der Waals surface area contributed by atoms with Gasteiger partial charge in [-0.2, -0.15) is 0 Å². The predicted molar refractivity (Wildman–Crippen MR) is 73.0 cm³/mol. The molecule has 17 heavy (non-hydrogen) atoms. The van der Waals surface area contributed by atoms with Gasteiger partial charge in [0.05, 0.1) is 5.69 Å². The summed E-state index contributed by atoms with van der Waals surface area (Å²) in [6.07, 6.45) is 8.31. The molecule has 0 saturated heterocycles. The third-order valence-corrected chi connectivity index (χ3v) is 3.91. The number of nitrogen functional groups attached to an aromatic ring is 1. The molecule has 1 aliphatic carbocycles. The van der Waals surface area contributed by atoms with Crippen molar-refractivity contribution in [1.29, 1.82) is 0 Å². The lowest BCUT2D eigenvalue weighted by molar-refractivity contribution is 0.327. The number of nitrogens with one attached hydrogen (secondary N) is 1. The first-order valence-electron chi connectivity index (χ1n) is 6.68. The van der Waals surface area contributed by atoms with Gasteiger partial charge in [-0.05, 0) is 37.3 Å². The van der Waals surface area contributed by atoms with E-state index >= 15 is 0 Å². The van der Waals surface area contributed by atoms with E-state index in [-0.39, 0.29) is 0 Å². The van der Waals surface area contributed by atoms with Crippen LogP contribution < -0.4 is 11.1 Å². The van der Waals surface area contributed by atoms with Gasteiger partial charge in [-0.1, -0.05) is 26.2 Å². The SMILES string of the molecule is CCC1CCCC(Nc2nccc(C)c2N)C1. The molecule has 0 radical (unpaired) electrons. The van der Waals surface area contributed by atoms with Gasteiger partial charge in [0.25, 0.3) is 0 Å². The summed E-state index contributed by atoms with van der Waals surface area (Å²) in [5, 5.41) is 3.52. The van der Waals surface area contributed by atoms with Gasteiger partial charge in [-0.3, -0.25) is 0 Å². The summed E-state index contributed by atoms with van der Waals surface area (Å²) >= 11 is 0. The van der Waals surface area contributed by atoms with Crippen molar-refractivity contribution >= 4 is 11.5 Å². The van der Waals surface area contributed by atoms with Crippen LogP contribution in [0.25, 0.3) is 0 Å². The number of rotatable bonds is 3. The second kappa shape index (κ2) is 5.39. The van der Waals surface area contributed by atoms with Gasteiger partial charge in [-0.25, -0.2) is 4.98 Å². The molecular formula is C14H23N3. The highest BCUT2D eigenvalue weighted by Crippen LogP contribution is 2.29. The standard InChI is InChI=1S/C14H23N3/c1-3-11-5-4-6-12(9-11)17-14-13(15)10(2)7-8-16-14/h7-8,11-12H,3-6,9,15H2,1-2H3,(H,16,17). The highest BCUT2D eigenvalue weighted by molar-refractivity contribution is 5.65. The van der Waals surface area contributed by atoms with Crippen LogP contribution in [0.15, 0.2) is 12.3 Å². The first-order chi connectivity index (χ1) is 8.20. The lowest BCUT2D eigenvalue weighted by atomic mass is 9.84. The number of hydrogen-bond acceptors (Lipinski definition) is 3. The van der Waals surface area contributed by atoms with Crippen LogP contribution in [0.4, 0.5) is 11.5 Å². The summed E-state index contributed by atoms with van der Waals surface area (Å²) in [6.45, 7) is 4.31. The van der Waals surface area contributed by atoms with Crippen molar-refractivity contribution in [3.05, 3.63) is 17.8 Å². The largest absolute Gasteiger partial charge is 0.396 e. The van der Waals surface area contributed by atoms with Crippen molar-refractivity contribution in [2.45, 2.75) is 52.0 Å². The maximum atomic E-state index is 6.04. The molecule has 1 aromatic heterocycles. The summed E-state index contributed by atoms with van der Waals surface area (Å²) in [5.41, 5.74) is 7.94. The maximum Gasteiger partial charge on any atom is 0.149 e. The van der Waals surface area contributed by atoms with Crippen LogP contribution in [0.1, 0.15) is 44.6 Å². The molecule has 0 amide bonds. The molecule has 2 rings (SSSR count). The smallest absolute Gasteiger partial charge is 0.149 e. The van der Waals surface area contributed by atoms with E-state index in [0.29, 0.717) is 6.04 Å². The molecule has 1 fully saturated rings. The van der Waals surface area contributed by atoms with E-state index in [9.17, 15) is 0 Å². The fraction of sp³-hybridized carbons (Fsp3) is 0.643. The van der Waals surface area contributed by atoms with Crippen LogP contribution in [-0.2, 0) is 0 Å². The van der Waals surface area contributed by atoms with Crippen LogP contribution in [0, 0.1) is 12.8 Å². The molecule has 94 valence electrons. The minimum atomic E-state index is 0.547. The number of aryl methyl sites for hydroxylation is 1. The van der Waals surface area contributed by atoms with Crippen molar-refractivity contribution in [3.63, 3.8) is 0 Å². The lowest BCUT2D eigenvalue weighted by Gasteiger charge is -2.29. The Labute approximate surface area is 104 Å². The third kappa shape index (κ3) is 2.90. The van der Waals surface area contributed by atoms with Gasteiger partial charge < -0.3 is 11.1 Å². The van der Waals surface area contributed by atoms with Crippen molar-refractivity contribution in [3.8, 4) is 0 Å². The Kier molecular flexibility index (Phi) is 3.87. The van der Waals surface area contributed by atoms with Crippen LogP contribution in [-0.4, -0.2) is 11.0 Å². The van der Waals surface area contributed by atoms with Gasteiger partial charge in [0.2, 0.25) is 0 Å². The first kappa shape index (κ1) is 12.2. The van der Waals surface area contributed by atoms with E-state index in [4.69, 9.17) is 5.73 Å². The highest BCUT2D eigenvalue weighted by Gasteiger charge is 2.21. The monoisotopic (exact) mass is 233 g/mol. The Balaban J connectivity index is 2.02. The Morgan fingerprint density at radius 3 is 3.06 bits per heavy atom. The summed E-state index contributed by atoms with van der Waals surface area (Å²) in [4.78, 5) is 4.35. The Morgan fingerprint density at radius 2 is 2.29 bits per heavy atom. The summed E-state index contributed by atoms with van der Waals surface area (Å²) in [5.74, 6) is 1.74. The van der Waals surface area contributed by atoms with Crippen LogP contribution in [0.2, 0.25) is 0 Å². The predicted octanol–water partition coefficient (Wildman–Crippen LogP) is 3.35. The molecule has 1 aliphatic rings. The molecule has 3 N–H and O–H groups in total. The molecule has 0 bridgehead atoms. The fourth-order valence-corrected chi connectivity index (χ4v) is 2.67. The molecule has 0 aliphatic heterocycles. The lowest BCUT2D eigenvalue weighted by Crippen LogP contribution is -2.28. The molecule has 1 saturated carbocycles. The van der Waals surface area contributed by atoms with Gasteiger partial charge in [-0.15, -0.1) is 0 Å². The van der Waals surface area contributed by atoms with Crippen molar-refractivity contribution < 1.29 is 0 Å². The zero-order chi connectivity index (χ0) is 12.3. The molecule has 1 heterocycles. The molecular weight excluding hydrogens is 210 g/mol. The molecule has 3 heteroatoms. The minimum absolute atomic E-state index is 0.547. The number of nitrogens with two attached hydrogens (primary N) is 1. The van der Waals surface area contributed by atoms with Crippen molar-refractivity contribution in [2.24, 2.45) is 5.92 Å². The normalized spacial score (nSPS) is 24.6. The number of pyridine rings is 1. The van der Waals surface area contributed by atoms with Crippen LogP contribution >= 0.6 is 0 Å².